The number of nitrogens with one attached hydrogen (secondary N) is 1. The summed E-state index contributed by atoms with van der Waals surface area (Å²) >= 11 is 0. The van der Waals surface area contributed by atoms with Crippen LogP contribution in [-0.2, 0) is 6.54 Å². The van der Waals surface area contributed by atoms with Gasteiger partial charge in [0.1, 0.15) is 0 Å². The van der Waals surface area contributed by atoms with E-state index in [0.717, 1.165) is 30.9 Å². The topological polar surface area (TPSA) is 12.0 Å². The van der Waals surface area contributed by atoms with Gasteiger partial charge in [-0.1, -0.05) is 13.8 Å². The first-order chi connectivity index (χ1) is 8.97. The van der Waals surface area contributed by atoms with Gasteiger partial charge in [-0.15, -0.1) is 0 Å². The minimum atomic E-state index is -1.40. The summed E-state index contributed by atoms with van der Waals surface area (Å²) in [5.74, 6) is -2.25. The van der Waals surface area contributed by atoms with E-state index in [-0.39, 0.29) is 0 Å². The Hall–Kier alpha value is -1.03. The van der Waals surface area contributed by atoms with Gasteiger partial charge in [0.15, 0.2) is 17.5 Å². The standard InChI is InChI=1S/C15H20F3N/c1-9-3-4-12(5-10(9)2)19-8-11-6-13(16)15(18)14(17)7-11/h6-7,9-10,12,19H,3-5,8H2,1-2H3. The van der Waals surface area contributed by atoms with Crippen molar-refractivity contribution in [3.63, 3.8) is 0 Å². The molecule has 0 heterocycles. The van der Waals surface area contributed by atoms with Crippen molar-refractivity contribution >= 4 is 0 Å². The van der Waals surface area contributed by atoms with Crippen LogP contribution in [0.4, 0.5) is 13.2 Å². The first-order valence-electron chi connectivity index (χ1n) is 6.84. The Bertz CT molecular complexity index is 424. The van der Waals surface area contributed by atoms with Crippen LogP contribution >= 0.6 is 0 Å². The van der Waals surface area contributed by atoms with Gasteiger partial charge in [-0.05, 0) is 48.8 Å². The second-order valence-electron chi connectivity index (χ2n) is 5.72. The Morgan fingerprint density at radius 1 is 1.05 bits per heavy atom. The van der Waals surface area contributed by atoms with Crippen LogP contribution in [0.5, 0.6) is 0 Å². The van der Waals surface area contributed by atoms with Gasteiger partial charge < -0.3 is 5.32 Å². The van der Waals surface area contributed by atoms with E-state index in [1.54, 1.807) is 0 Å². The minimum absolute atomic E-state index is 0.375. The summed E-state index contributed by atoms with van der Waals surface area (Å²) in [5, 5.41) is 3.31. The summed E-state index contributed by atoms with van der Waals surface area (Å²) in [6.45, 7) is 4.86. The lowest BCUT2D eigenvalue weighted by Crippen LogP contribution is -2.35. The second kappa shape index (κ2) is 5.95. The van der Waals surface area contributed by atoms with E-state index in [1.165, 1.54) is 6.42 Å². The lowest BCUT2D eigenvalue weighted by Gasteiger charge is -2.32. The fourth-order valence-electron chi connectivity index (χ4n) is 2.71. The van der Waals surface area contributed by atoms with Crippen molar-refractivity contribution < 1.29 is 13.2 Å². The summed E-state index contributed by atoms with van der Waals surface area (Å²) in [7, 11) is 0. The highest BCUT2D eigenvalue weighted by molar-refractivity contribution is 5.19. The van der Waals surface area contributed by atoms with Crippen LogP contribution in [0.15, 0.2) is 12.1 Å². The molecule has 4 heteroatoms. The molecule has 2 rings (SSSR count). The fourth-order valence-corrected chi connectivity index (χ4v) is 2.71. The predicted molar refractivity (Wildman–Crippen MR) is 69.1 cm³/mol. The SMILES string of the molecule is CC1CCC(NCc2cc(F)c(F)c(F)c2)CC1C. The zero-order chi connectivity index (χ0) is 14.0. The summed E-state index contributed by atoms with van der Waals surface area (Å²) in [6.07, 6.45) is 3.33. The molecule has 3 unspecified atom stereocenters. The quantitative estimate of drug-likeness (QED) is 0.819. The third kappa shape index (κ3) is 3.50. The van der Waals surface area contributed by atoms with Crippen molar-refractivity contribution in [2.45, 2.75) is 45.7 Å². The van der Waals surface area contributed by atoms with Crippen LogP contribution in [0.3, 0.4) is 0 Å². The third-order valence-corrected chi connectivity index (χ3v) is 4.24. The molecule has 1 aromatic rings. The number of hydrogen-bond donors (Lipinski definition) is 1. The summed E-state index contributed by atoms with van der Waals surface area (Å²) in [4.78, 5) is 0. The van der Waals surface area contributed by atoms with E-state index in [2.05, 4.69) is 19.2 Å². The largest absolute Gasteiger partial charge is 0.310 e. The Morgan fingerprint density at radius 3 is 2.26 bits per heavy atom. The van der Waals surface area contributed by atoms with E-state index in [0.29, 0.717) is 24.1 Å². The van der Waals surface area contributed by atoms with Crippen molar-refractivity contribution in [2.75, 3.05) is 0 Å². The molecule has 1 saturated carbocycles. The highest BCUT2D eigenvalue weighted by atomic mass is 19.2. The van der Waals surface area contributed by atoms with Crippen LogP contribution in [0.25, 0.3) is 0 Å². The van der Waals surface area contributed by atoms with E-state index in [4.69, 9.17) is 0 Å². The molecule has 1 aliphatic carbocycles. The van der Waals surface area contributed by atoms with Gasteiger partial charge in [0.25, 0.3) is 0 Å². The molecule has 1 N–H and O–H groups in total. The smallest absolute Gasteiger partial charge is 0.194 e. The van der Waals surface area contributed by atoms with Crippen molar-refractivity contribution in [3.8, 4) is 0 Å². The predicted octanol–water partition coefficient (Wildman–Crippen LogP) is 4.02. The highest BCUT2D eigenvalue weighted by Gasteiger charge is 2.24. The minimum Gasteiger partial charge on any atom is -0.310 e. The molecule has 1 fully saturated rings. The number of halogens is 3. The molecule has 0 aliphatic heterocycles. The molecule has 0 amide bonds. The Labute approximate surface area is 112 Å². The molecule has 0 spiro atoms. The molecule has 19 heavy (non-hydrogen) atoms. The van der Waals surface area contributed by atoms with E-state index in [1.807, 2.05) is 0 Å². The van der Waals surface area contributed by atoms with Gasteiger partial charge in [0, 0.05) is 12.6 Å². The lowest BCUT2D eigenvalue weighted by atomic mass is 9.79. The number of benzene rings is 1. The molecular weight excluding hydrogens is 251 g/mol. The lowest BCUT2D eigenvalue weighted by molar-refractivity contribution is 0.225. The van der Waals surface area contributed by atoms with Crippen LogP contribution in [-0.4, -0.2) is 6.04 Å². The normalized spacial score (nSPS) is 27.5. The summed E-state index contributed by atoms with van der Waals surface area (Å²) < 4.78 is 39.0. The van der Waals surface area contributed by atoms with Crippen LogP contribution in [0.1, 0.15) is 38.7 Å². The van der Waals surface area contributed by atoms with Gasteiger partial charge in [-0.25, -0.2) is 13.2 Å². The number of hydrogen-bond acceptors (Lipinski definition) is 1. The van der Waals surface area contributed by atoms with Crippen molar-refractivity contribution in [3.05, 3.63) is 35.1 Å². The fraction of sp³-hybridized carbons (Fsp3) is 0.600. The molecule has 1 aliphatic rings. The maximum atomic E-state index is 13.1. The molecule has 1 nitrogen and oxygen atoms in total. The molecule has 3 atom stereocenters. The van der Waals surface area contributed by atoms with E-state index < -0.39 is 17.5 Å². The maximum absolute atomic E-state index is 13.1. The van der Waals surface area contributed by atoms with E-state index in [9.17, 15) is 13.2 Å². The summed E-state index contributed by atoms with van der Waals surface area (Å²) in [5.41, 5.74) is 0.447. The van der Waals surface area contributed by atoms with Crippen LogP contribution in [0, 0.1) is 29.3 Å². The molecule has 0 aromatic heterocycles. The average molecular weight is 271 g/mol. The maximum Gasteiger partial charge on any atom is 0.194 e. The Kier molecular flexibility index (Phi) is 4.50. The van der Waals surface area contributed by atoms with Crippen LogP contribution in [0.2, 0.25) is 0 Å². The number of rotatable bonds is 3. The van der Waals surface area contributed by atoms with E-state index >= 15 is 0 Å². The molecule has 1 aromatic carbocycles. The first-order valence-corrected chi connectivity index (χ1v) is 6.84. The van der Waals surface area contributed by atoms with Crippen molar-refractivity contribution in [1.82, 2.24) is 5.32 Å². The van der Waals surface area contributed by atoms with Crippen molar-refractivity contribution in [1.29, 1.82) is 0 Å². The average Bonchev–Trinajstić information content (AvgIpc) is 2.37. The monoisotopic (exact) mass is 271 g/mol. The molecule has 0 radical (unpaired) electrons. The molecule has 106 valence electrons. The second-order valence-corrected chi connectivity index (χ2v) is 5.72. The third-order valence-electron chi connectivity index (χ3n) is 4.24. The van der Waals surface area contributed by atoms with Gasteiger partial charge in [0.2, 0.25) is 0 Å². The zero-order valence-electron chi connectivity index (χ0n) is 11.3. The first kappa shape index (κ1) is 14.4. The van der Waals surface area contributed by atoms with Crippen LogP contribution < -0.4 is 5.32 Å². The van der Waals surface area contributed by atoms with Gasteiger partial charge >= 0.3 is 0 Å². The Morgan fingerprint density at radius 2 is 1.68 bits per heavy atom. The summed E-state index contributed by atoms with van der Waals surface area (Å²) in [6, 6.07) is 2.49. The van der Waals surface area contributed by atoms with Crippen molar-refractivity contribution in [2.24, 2.45) is 11.8 Å². The highest BCUT2D eigenvalue weighted by Crippen LogP contribution is 2.29. The molecule has 0 saturated heterocycles. The van der Waals surface area contributed by atoms with Gasteiger partial charge in [-0.2, -0.15) is 0 Å². The molecule has 0 bridgehead atoms. The Balaban J connectivity index is 1.92. The van der Waals surface area contributed by atoms with Gasteiger partial charge in [-0.3, -0.25) is 0 Å². The molecular formula is C15H20F3N. The zero-order valence-corrected chi connectivity index (χ0v) is 11.3. The van der Waals surface area contributed by atoms with Gasteiger partial charge in [0.05, 0.1) is 0 Å².